The van der Waals surface area contributed by atoms with Crippen molar-refractivity contribution in [1.82, 2.24) is 14.7 Å². The van der Waals surface area contributed by atoms with Crippen molar-refractivity contribution in [3.63, 3.8) is 0 Å². The number of piperidine rings is 2. The zero-order chi connectivity index (χ0) is 18.5. The number of likely N-dealkylation sites (N-methyl/N-ethyl adjacent to an activating group) is 1. The molecule has 2 fully saturated rings. The van der Waals surface area contributed by atoms with Gasteiger partial charge < -0.3 is 9.80 Å². The average molecular weight is 357 g/mol. The molecule has 0 bridgehead atoms. The molecule has 0 radical (unpaired) electrons. The van der Waals surface area contributed by atoms with Crippen LogP contribution in [-0.2, 0) is 16.1 Å². The predicted molar refractivity (Wildman–Crippen MR) is 102 cm³/mol. The number of likely N-dealkylation sites (tertiary alicyclic amines) is 2. The van der Waals surface area contributed by atoms with E-state index in [1.54, 1.807) is 0 Å². The highest BCUT2D eigenvalue weighted by Gasteiger charge is 2.39. The molecule has 0 aromatic heterocycles. The first-order chi connectivity index (χ1) is 12.6. The highest BCUT2D eigenvalue weighted by Crippen LogP contribution is 2.31. The lowest BCUT2D eigenvalue weighted by Gasteiger charge is -2.47. The summed E-state index contributed by atoms with van der Waals surface area (Å²) in [4.78, 5) is 31.1. The van der Waals surface area contributed by atoms with Crippen LogP contribution in [0, 0.1) is 5.92 Å². The first-order valence-corrected chi connectivity index (χ1v) is 9.88. The van der Waals surface area contributed by atoms with Crippen molar-refractivity contribution in [1.29, 1.82) is 0 Å². The Hall–Kier alpha value is -1.88. The fourth-order valence-corrected chi connectivity index (χ4v) is 4.39. The molecule has 5 nitrogen and oxygen atoms in total. The molecule has 0 aliphatic carbocycles. The van der Waals surface area contributed by atoms with E-state index in [9.17, 15) is 9.59 Å². The molecule has 2 saturated heterocycles. The maximum Gasteiger partial charge on any atom is 0.236 e. The quantitative estimate of drug-likeness (QED) is 0.785. The number of hydrogen-bond acceptors (Lipinski definition) is 3. The molecule has 0 unspecified atom stereocenters. The van der Waals surface area contributed by atoms with Crippen LogP contribution >= 0.6 is 0 Å². The molecular weight excluding hydrogens is 326 g/mol. The van der Waals surface area contributed by atoms with Crippen molar-refractivity contribution in [2.45, 2.75) is 45.2 Å². The number of benzene rings is 1. The van der Waals surface area contributed by atoms with Gasteiger partial charge in [0.1, 0.15) is 0 Å². The molecule has 1 aromatic rings. The molecule has 0 spiro atoms. The van der Waals surface area contributed by atoms with Crippen molar-refractivity contribution in [2.24, 2.45) is 5.92 Å². The van der Waals surface area contributed by atoms with E-state index < -0.39 is 0 Å². The van der Waals surface area contributed by atoms with Crippen LogP contribution in [0.2, 0.25) is 0 Å². The molecule has 2 aliphatic rings. The van der Waals surface area contributed by atoms with Crippen molar-refractivity contribution in [2.75, 3.05) is 33.2 Å². The molecule has 2 atom stereocenters. The molecule has 142 valence electrons. The zero-order valence-corrected chi connectivity index (χ0v) is 16.1. The number of rotatable bonds is 6. The van der Waals surface area contributed by atoms with Gasteiger partial charge in [-0.2, -0.15) is 0 Å². The molecule has 2 amide bonds. The Morgan fingerprint density at radius 1 is 1.23 bits per heavy atom. The van der Waals surface area contributed by atoms with Gasteiger partial charge in [-0.05, 0) is 37.8 Å². The summed E-state index contributed by atoms with van der Waals surface area (Å²) in [6, 6.07) is 10.6. The summed E-state index contributed by atoms with van der Waals surface area (Å²) in [5.41, 5.74) is 1.22. The van der Waals surface area contributed by atoms with Crippen LogP contribution in [0.1, 0.15) is 38.2 Å². The molecule has 2 heterocycles. The molecule has 0 saturated carbocycles. The molecule has 0 N–H and O–H groups in total. The van der Waals surface area contributed by atoms with Gasteiger partial charge in [0.15, 0.2) is 0 Å². The number of carbonyl (C=O) groups is 2. The third-order valence-corrected chi connectivity index (χ3v) is 5.66. The zero-order valence-electron chi connectivity index (χ0n) is 16.1. The SMILES string of the molecule is CCCN1C(=O)CC[C@H]2CN(C(=O)CN(C)Cc3ccccc3)CC[C@H]21. The highest BCUT2D eigenvalue weighted by atomic mass is 16.2. The van der Waals surface area contributed by atoms with Crippen LogP contribution in [0.5, 0.6) is 0 Å². The second-order valence-corrected chi connectivity index (χ2v) is 7.74. The Balaban J connectivity index is 1.53. The van der Waals surface area contributed by atoms with E-state index in [4.69, 9.17) is 0 Å². The third-order valence-electron chi connectivity index (χ3n) is 5.66. The third kappa shape index (κ3) is 4.44. The Morgan fingerprint density at radius 3 is 2.73 bits per heavy atom. The topological polar surface area (TPSA) is 43.9 Å². The number of amides is 2. The monoisotopic (exact) mass is 357 g/mol. The van der Waals surface area contributed by atoms with Crippen LogP contribution in [0.4, 0.5) is 0 Å². The Labute approximate surface area is 156 Å². The number of carbonyl (C=O) groups excluding carboxylic acids is 2. The van der Waals surface area contributed by atoms with Gasteiger partial charge in [-0.25, -0.2) is 0 Å². The molecule has 1 aromatic carbocycles. The summed E-state index contributed by atoms with van der Waals surface area (Å²) in [5, 5.41) is 0. The Kier molecular flexibility index (Phi) is 6.30. The van der Waals surface area contributed by atoms with Crippen molar-refractivity contribution < 1.29 is 9.59 Å². The maximum absolute atomic E-state index is 12.7. The van der Waals surface area contributed by atoms with E-state index in [2.05, 4.69) is 28.9 Å². The normalized spacial score (nSPS) is 23.3. The van der Waals surface area contributed by atoms with Gasteiger partial charge >= 0.3 is 0 Å². The fourth-order valence-electron chi connectivity index (χ4n) is 4.39. The fraction of sp³-hybridized carbons (Fsp3) is 0.619. The van der Waals surface area contributed by atoms with Crippen LogP contribution < -0.4 is 0 Å². The van der Waals surface area contributed by atoms with Gasteiger partial charge in [0, 0.05) is 38.6 Å². The van der Waals surface area contributed by atoms with Gasteiger partial charge in [0.2, 0.25) is 11.8 Å². The smallest absolute Gasteiger partial charge is 0.236 e. The minimum absolute atomic E-state index is 0.209. The number of fused-ring (bicyclic) bond motifs is 1. The second kappa shape index (κ2) is 8.67. The molecule has 2 aliphatic heterocycles. The number of nitrogens with zero attached hydrogens (tertiary/aromatic N) is 3. The summed E-state index contributed by atoms with van der Waals surface area (Å²) in [6.07, 6.45) is 3.48. The second-order valence-electron chi connectivity index (χ2n) is 7.74. The Morgan fingerprint density at radius 2 is 2.00 bits per heavy atom. The first kappa shape index (κ1) is 18.9. The molecule has 26 heavy (non-hydrogen) atoms. The van der Waals surface area contributed by atoms with Gasteiger partial charge in [0.05, 0.1) is 6.54 Å². The van der Waals surface area contributed by atoms with E-state index >= 15 is 0 Å². The van der Waals surface area contributed by atoms with Crippen molar-refractivity contribution in [3.05, 3.63) is 35.9 Å². The lowest BCUT2D eigenvalue weighted by atomic mass is 9.83. The molecular formula is C21H31N3O2. The predicted octanol–water partition coefficient (Wildman–Crippen LogP) is 2.37. The summed E-state index contributed by atoms with van der Waals surface area (Å²) < 4.78 is 0. The van der Waals surface area contributed by atoms with Gasteiger partial charge in [-0.3, -0.25) is 14.5 Å². The van der Waals surface area contributed by atoms with E-state index in [0.29, 0.717) is 30.8 Å². The Bertz CT molecular complexity index is 619. The minimum atomic E-state index is 0.209. The van der Waals surface area contributed by atoms with Gasteiger partial charge in [-0.1, -0.05) is 37.3 Å². The average Bonchev–Trinajstić information content (AvgIpc) is 2.64. The molecule has 5 heteroatoms. The van der Waals surface area contributed by atoms with E-state index in [0.717, 1.165) is 45.4 Å². The summed E-state index contributed by atoms with van der Waals surface area (Å²) >= 11 is 0. The van der Waals surface area contributed by atoms with Crippen LogP contribution in [0.25, 0.3) is 0 Å². The van der Waals surface area contributed by atoms with Crippen molar-refractivity contribution >= 4 is 11.8 Å². The van der Waals surface area contributed by atoms with Crippen LogP contribution in [0.3, 0.4) is 0 Å². The largest absolute Gasteiger partial charge is 0.341 e. The van der Waals surface area contributed by atoms with E-state index in [-0.39, 0.29) is 5.91 Å². The van der Waals surface area contributed by atoms with E-state index in [1.807, 2.05) is 30.1 Å². The van der Waals surface area contributed by atoms with Crippen LogP contribution in [-0.4, -0.2) is 65.8 Å². The highest BCUT2D eigenvalue weighted by molar-refractivity contribution is 5.79. The summed E-state index contributed by atoms with van der Waals surface area (Å²) in [6.45, 7) is 5.78. The minimum Gasteiger partial charge on any atom is -0.341 e. The molecule has 3 rings (SSSR count). The standard InChI is InChI=1S/C21H31N3O2/c1-3-12-24-19-11-13-23(15-18(19)9-10-20(24)25)21(26)16-22(2)14-17-7-5-4-6-8-17/h4-8,18-19H,3,9-16H2,1-2H3/t18-,19+/m0/s1. The lowest BCUT2D eigenvalue weighted by molar-refractivity contribution is -0.144. The number of hydrogen-bond donors (Lipinski definition) is 0. The summed E-state index contributed by atoms with van der Waals surface area (Å²) in [5.74, 6) is 0.952. The van der Waals surface area contributed by atoms with Crippen LogP contribution in [0.15, 0.2) is 30.3 Å². The summed E-state index contributed by atoms with van der Waals surface area (Å²) in [7, 11) is 2.00. The van der Waals surface area contributed by atoms with Gasteiger partial charge in [-0.15, -0.1) is 0 Å². The first-order valence-electron chi connectivity index (χ1n) is 9.88. The maximum atomic E-state index is 12.7. The van der Waals surface area contributed by atoms with Gasteiger partial charge in [0.25, 0.3) is 0 Å². The van der Waals surface area contributed by atoms with E-state index in [1.165, 1.54) is 5.56 Å². The lowest BCUT2D eigenvalue weighted by Crippen LogP contribution is -2.57. The van der Waals surface area contributed by atoms with Crippen molar-refractivity contribution in [3.8, 4) is 0 Å².